The molecule has 1 heterocycles. The summed E-state index contributed by atoms with van der Waals surface area (Å²) >= 11 is 0. The lowest BCUT2D eigenvalue weighted by Crippen LogP contribution is -2.46. The van der Waals surface area contributed by atoms with Gasteiger partial charge in [-0.25, -0.2) is 9.59 Å². The topological polar surface area (TPSA) is 66.8 Å². The molecule has 16 heavy (non-hydrogen) atoms. The summed E-state index contributed by atoms with van der Waals surface area (Å²) in [6.45, 7) is 7.14. The van der Waals surface area contributed by atoms with Crippen LogP contribution in [-0.2, 0) is 9.53 Å². The van der Waals surface area contributed by atoms with Crippen LogP contribution in [0.3, 0.4) is 0 Å². The van der Waals surface area contributed by atoms with E-state index in [4.69, 9.17) is 9.84 Å². The van der Waals surface area contributed by atoms with Crippen LogP contribution in [0.5, 0.6) is 0 Å². The Morgan fingerprint density at radius 3 is 2.31 bits per heavy atom. The predicted octanol–water partition coefficient (Wildman–Crippen LogP) is 1.86. The molecule has 1 amide bonds. The molecule has 5 nitrogen and oxygen atoms in total. The Hall–Kier alpha value is -1.26. The number of ether oxygens (including phenoxy) is 1. The van der Waals surface area contributed by atoms with E-state index in [1.54, 1.807) is 20.8 Å². The third kappa shape index (κ3) is 2.87. The minimum atomic E-state index is -0.963. The summed E-state index contributed by atoms with van der Waals surface area (Å²) in [4.78, 5) is 24.1. The Kier molecular flexibility index (Phi) is 3.45. The number of carbonyl (C=O) groups excluding carboxylic acids is 1. The van der Waals surface area contributed by atoms with Gasteiger partial charge >= 0.3 is 12.1 Å². The van der Waals surface area contributed by atoms with Crippen molar-refractivity contribution in [1.82, 2.24) is 4.90 Å². The van der Waals surface area contributed by atoms with Crippen molar-refractivity contribution in [3.8, 4) is 0 Å². The molecule has 0 bridgehead atoms. The van der Waals surface area contributed by atoms with Crippen molar-refractivity contribution in [2.75, 3.05) is 0 Å². The van der Waals surface area contributed by atoms with Gasteiger partial charge in [0.25, 0.3) is 0 Å². The zero-order valence-corrected chi connectivity index (χ0v) is 10.2. The Morgan fingerprint density at radius 2 is 1.88 bits per heavy atom. The molecule has 1 unspecified atom stereocenters. The van der Waals surface area contributed by atoms with Gasteiger partial charge in [0, 0.05) is 6.04 Å². The lowest BCUT2D eigenvalue weighted by Gasteiger charge is -2.29. The van der Waals surface area contributed by atoms with Crippen molar-refractivity contribution in [2.45, 2.75) is 58.2 Å². The molecule has 1 rings (SSSR count). The van der Waals surface area contributed by atoms with Crippen molar-refractivity contribution in [3.63, 3.8) is 0 Å². The van der Waals surface area contributed by atoms with Gasteiger partial charge in [0.1, 0.15) is 11.6 Å². The highest BCUT2D eigenvalue weighted by molar-refractivity contribution is 5.81. The third-order valence-electron chi connectivity index (χ3n) is 2.56. The van der Waals surface area contributed by atoms with E-state index in [0.717, 1.165) is 0 Å². The maximum absolute atomic E-state index is 11.8. The number of rotatable bonds is 1. The molecule has 1 fully saturated rings. The number of hydrogen-bond donors (Lipinski definition) is 1. The first kappa shape index (κ1) is 12.8. The van der Waals surface area contributed by atoms with E-state index in [1.165, 1.54) is 4.90 Å². The Bertz CT molecular complexity index is 295. The van der Waals surface area contributed by atoms with E-state index in [9.17, 15) is 9.59 Å². The molecule has 0 aromatic heterocycles. The lowest BCUT2D eigenvalue weighted by molar-refractivity contribution is -0.142. The number of nitrogens with zero attached hydrogens (tertiary/aromatic N) is 1. The zero-order valence-electron chi connectivity index (χ0n) is 10.2. The average Bonchev–Trinajstić information content (AvgIpc) is 2.43. The first-order chi connectivity index (χ1) is 7.22. The van der Waals surface area contributed by atoms with Gasteiger partial charge < -0.3 is 9.84 Å². The zero-order chi connectivity index (χ0) is 12.5. The molecule has 0 aromatic rings. The van der Waals surface area contributed by atoms with Crippen molar-refractivity contribution >= 4 is 12.1 Å². The molecule has 1 aliphatic heterocycles. The minimum Gasteiger partial charge on any atom is -0.480 e. The fourth-order valence-corrected chi connectivity index (χ4v) is 1.85. The van der Waals surface area contributed by atoms with Crippen molar-refractivity contribution in [3.05, 3.63) is 0 Å². The fraction of sp³-hybridized carbons (Fsp3) is 0.818. The van der Waals surface area contributed by atoms with Gasteiger partial charge in [-0.2, -0.15) is 0 Å². The summed E-state index contributed by atoms with van der Waals surface area (Å²) in [5.74, 6) is -0.963. The second-order valence-electron chi connectivity index (χ2n) is 5.17. The van der Waals surface area contributed by atoms with Crippen LogP contribution in [0.25, 0.3) is 0 Å². The lowest BCUT2D eigenvalue weighted by atomic mass is 10.2. The number of likely N-dealkylation sites (tertiary alicyclic amines) is 1. The van der Waals surface area contributed by atoms with Gasteiger partial charge in [-0.1, -0.05) is 0 Å². The molecule has 0 spiro atoms. The van der Waals surface area contributed by atoms with E-state index in [-0.39, 0.29) is 6.04 Å². The second kappa shape index (κ2) is 4.31. The van der Waals surface area contributed by atoms with E-state index < -0.39 is 23.7 Å². The molecule has 2 atom stereocenters. The molecule has 5 heteroatoms. The highest BCUT2D eigenvalue weighted by Crippen LogP contribution is 2.26. The van der Waals surface area contributed by atoms with Crippen LogP contribution in [0.15, 0.2) is 0 Å². The molecule has 92 valence electrons. The highest BCUT2D eigenvalue weighted by atomic mass is 16.6. The quantitative estimate of drug-likeness (QED) is 0.745. The van der Waals surface area contributed by atoms with Gasteiger partial charge in [0.05, 0.1) is 0 Å². The van der Waals surface area contributed by atoms with E-state index in [2.05, 4.69) is 0 Å². The smallest absolute Gasteiger partial charge is 0.411 e. The number of hydrogen-bond acceptors (Lipinski definition) is 3. The monoisotopic (exact) mass is 229 g/mol. The normalized spacial score (nSPS) is 25.6. The molecule has 0 radical (unpaired) electrons. The van der Waals surface area contributed by atoms with Crippen molar-refractivity contribution < 1.29 is 19.4 Å². The first-order valence-corrected chi connectivity index (χ1v) is 5.46. The Labute approximate surface area is 95.4 Å². The Morgan fingerprint density at radius 1 is 1.31 bits per heavy atom. The maximum Gasteiger partial charge on any atom is 0.411 e. The summed E-state index contributed by atoms with van der Waals surface area (Å²) in [6, 6.07) is -0.819. The van der Waals surface area contributed by atoms with Crippen LogP contribution in [0.2, 0.25) is 0 Å². The van der Waals surface area contributed by atoms with Crippen LogP contribution >= 0.6 is 0 Å². The number of carboxylic acid groups (broad SMARTS) is 1. The molecular formula is C11H19NO4. The summed E-state index contributed by atoms with van der Waals surface area (Å²) < 4.78 is 5.20. The van der Waals surface area contributed by atoms with Crippen LogP contribution < -0.4 is 0 Å². The van der Waals surface area contributed by atoms with Crippen LogP contribution in [0.1, 0.15) is 40.5 Å². The standard InChI is InChI=1S/C11H19NO4/c1-7-5-6-8(9(13)14)12(7)10(15)16-11(2,3)4/h7-8H,5-6H2,1-4H3,(H,13,14)/t7?,8-/m1/s1. The van der Waals surface area contributed by atoms with Gasteiger partial charge in [-0.15, -0.1) is 0 Å². The number of carboxylic acids is 1. The highest BCUT2D eigenvalue weighted by Gasteiger charge is 2.40. The van der Waals surface area contributed by atoms with Gasteiger partial charge in [0.2, 0.25) is 0 Å². The van der Waals surface area contributed by atoms with Gasteiger partial charge in [-0.3, -0.25) is 4.90 Å². The second-order valence-corrected chi connectivity index (χ2v) is 5.17. The number of carbonyl (C=O) groups is 2. The Balaban J connectivity index is 2.76. The van der Waals surface area contributed by atoms with Crippen molar-refractivity contribution in [1.29, 1.82) is 0 Å². The average molecular weight is 229 g/mol. The summed E-state index contributed by atoms with van der Waals surface area (Å²) in [7, 11) is 0. The largest absolute Gasteiger partial charge is 0.480 e. The molecule has 0 saturated carbocycles. The summed E-state index contributed by atoms with van der Waals surface area (Å²) in [5, 5.41) is 9.00. The number of amides is 1. The van der Waals surface area contributed by atoms with E-state index in [0.29, 0.717) is 12.8 Å². The summed E-state index contributed by atoms with van der Waals surface area (Å²) in [5.41, 5.74) is -0.595. The van der Waals surface area contributed by atoms with Gasteiger partial charge in [0.15, 0.2) is 0 Å². The van der Waals surface area contributed by atoms with E-state index >= 15 is 0 Å². The fourth-order valence-electron chi connectivity index (χ4n) is 1.85. The molecular weight excluding hydrogens is 210 g/mol. The van der Waals surface area contributed by atoms with Gasteiger partial charge in [-0.05, 0) is 40.5 Å². The molecule has 1 aliphatic rings. The molecule has 1 N–H and O–H groups in total. The molecule has 0 aliphatic carbocycles. The minimum absolute atomic E-state index is 0.0732. The molecule has 1 saturated heterocycles. The van der Waals surface area contributed by atoms with Crippen LogP contribution in [0, 0.1) is 0 Å². The van der Waals surface area contributed by atoms with Crippen LogP contribution in [-0.4, -0.2) is 39.8 Å². The summed E-state index contributed by atoms with van der Waals surface area (Å²) in [6.07, 6.45) is 0.663. The van der Waals surface area contributed by atoms with E-state index in [1.807, 2.05) is 6.92 Å². The van der Waals surface area contributed by atoms with Crippen LogP contribution in [0.4, 0.5) is 4.79 Å². The number of aliphatic carboxylic acids is 1. The predicted molar refractivity (Wildman–Crippen MR) is 58.2 cm³/mol. The SMILES string of the molecule is CC1CC[C@H](C(=O)O)N1C(=O)OC(C)(C)C. The third-order valence-corrected chi connectivity index (χ3v) is 2.56. The first-order valence-electron chi connectivity index (χ1n) is 5.46. The van der Waals surface area contributed by atoms with Crippen molar-refractivity contribution in [2.24, 2.45) is 0 Å². The maximum atomic E-state index is 11.8. The molecule has 0 aromatic carbocycles.